The van der Waals surface area contributed by atoms with Crippen LogP contribution in [0.1, 0.15) is 42.6 Å². The van der Waals surface area contributed by atoms with Gasteiger partial charge in [0.05, 0.1) is 12.2 Å². The molecule has 0 unspecified atom stereocenters. The smallest absolute Gasteiger partial charge is 0.235 e. The molecule has 1 aromatic carbocycles. The molecule has 2 atom stereocenters. The van der Waals surface area contributed by atoms with Gasteiger partial charge in [-0.3, -0.25) is 9.59 Å². The third kappa shape index (κ3) is 4.20. The summed E-state index contributed by atoms with van der Waals surface area (Å²) in [5.41, 5.74) is 2.83. The van der Waals surface area contributed by atoms with E-state index in [2.05, 4.69) is 9.88 Å². The second-order valence-corrected chi connectivity index (χ2v) is 10.6. The van der Waals surface area contributed by atoms with E-state index in [1.54, 1.807) is 24.4 Å². The topological polar surface area (TPSA) is 97.1 Å². The standard InChI is InChI=1S/C29H32N4O5/c1-17-14-33(15-18(2)37-17)29(36)19-8-11-32(12-9-19)21-7-10-30-28-25(21)20(16-31(28)3)13-24-27(35)26-22(34)5-4-6-23(26)38-24/h4-7,10,13,16-19,34H,8-9,11-12,14-15H2,1-3H3/t17-,18+. The monoisotopic (exact) mass is 516 g/mol. The first-order valence-electron chi connectivity index (χ1n) is 13.2. The van der Waals surface area contributed by atoms with E-state index >= 15 is 0 Å². The predicted molar refractivity (Wildman–Crippen MR) is 143 cm³/mol. The Hall–Kier alpha value is -3.85. The molecule has 2 aromatic heterocycles. The molecule has 38 heavy (non-hydrogen) atoms. The SMILES string of the molecule is C[C@@H]1CN(C(=O)C2CCN(c3ccnc4c3c(C=C3Oc5cccc(O)c5C3=O)cn4C)CC2)C[C@H](C)O1. The van der Waals surface area contributed by atoms with Crippen LogP contribution in [-0.4, -0.2) is 69.6 Å². The van der Waals surface area contributed by atoms with E-state index in [4.69, 9.17) is 9.47 Å². The van der Waals surface area contributed by atoms with E-state index in [1.807, 2.05) is 42.6 Å². The summed E-state index contributed by atoms with van der Waals surface area (Å²) in [5, 5.41) is 11.1. The van der Waals surface area contributed by atoms with Crippen molar-refractivity contribution in [2.75, 3.05) is 31.1 Å². The Morgan fingerprint density at radius 3 is 2.58 bits per heavy atom. The van der Waals surface area contributed by atoms with Gasteiger partial charge in [-0.2, -0.15) is 0 Å². The summed E-state index contributed by atoms with van der Waals surface area (Å²) < 4.78 is 13.6. The highest BCUT2D eigenvalue weighted by Gasteiger charge is 2.34. The lowest BCUT2D eigenvalue weighted by Gasteiger charge is -2.39. The van der Waals surface area contributed by atoms with E-state index in [9.17, 15) is 14.7 Å². The van der Waals surface area contributed by atoms with Crippen LogP contribution in [0.2, 0.25) is 0 Å². The molecule has 3 aliphatic heterocycles. The number of ether oxygens (including phenoxy) is 2. The van der Waals surface area contributed by atoms with Gasteiger partial charge in [0.2, 0.25) is 11.7 Å². The van der Waals surface area contributed by atoms with Gasteiger partial charge in [0.25, 0.3) is 0 Å². The fourth-order valence-corrected chi connectivity index (χ4v) is 6.03. The number of hydrogen-bond donors (Lipinski definition) is 1. The van der Waals surface area contributed by atoms with E-state index in [0.29, 0.717) is 18.8 Å². The van der Waals surface area contributed by atoms with Crippen molar-refractivity contribution in [3.63, 3.8) is 0 Å². The Labute approximate surface area is 221 Å². The van der Waals surface area contributed by atoms with Gasteiger partial charge < -0.3 is 28.9 Å². The van der Waals surface area contributed by atoms with E-state index in [1.165, 1.54) is 6.07 Å². The number of amides is 1. The zero-order chi connectivity index (χ0) is 26.6. The molecule has 0 saturated carbocycles. The van der Waals surface area contributed by atoms with Gasteiger partial charge in [-0.25, -0.2) is 4.98 Å². The van der Waals surface area contributed by atoms with Crippen LogP contribution in [0.4, 0.5) is 5.69 Å². The van der Waals surface area contributed by atoms with Crippen LogP contribution in [0, 0.1) is 5.92 Å². The summed E-state index contributed by atoms with van der Waals surface area (Å²) in [4.78, 5) is 35.1. The largest absolute Gasteiger partial charge is 0.507 e. The molecule has 0 aliphatic carbocycles. The Kier molecular flexibility index (Phi) is 6.10. The second kappa shape index (κ2) is 9.47. The average Bonchev–Trinajstić information content (AvgIpc) is 3.40. The molecule has 0 spiro atoms. The fourth-order valence-electron chi connectivity index (χ4n) is 6.03. The van der Waals surface area contributed by atoms with E-state index in [-0.39, 0.29) is 46.9 Å². The highest BCUT2D eigenvalue weighted by Crippen LogP contribution is 2.39. The maximum atomic E-state index is 13.3. The average molecular weight is 517 g/mol. The third-order valence-electron chi connectivity index (χ3n) is 7.74. The Balaban J connectivity index is 1.25. The minimum absolute atomic E-state index is 0.00846. The molecule has 6 rings (SSSR count). The Morgan fingerprint density at radius 1 is 1.13 bits per heavy atom. The number of fused-ring (bicyclic) bond motifs is 2. The van der Waals surface area contributed by atoms with Crippen molar-refractivity contribution in [2.45, 2.75) is 38.9 Å². The van der Waals surface area contributed by atoms with Crippen LogP contribution in [0.15, 0.2) is 42.4 Å². The van der Waals surface area contributed by atoms with Crippen LogP contribution in [-0.2, 0) is 16.6 Å². The number of Topliss-reactive ketones (excluding diaryl/α,β-unsaturated/α-hetero) is 1. The highest BCUT2D eigenvalue weighted by atomic mass is 16.5. The van der Waals surface area contributed by atoms with E-state index in [0.717, 1.165) is 48.2 Å². The number of allylic oxidation sites excluding steroid dienone is 1. The number of carbonyl (C=O) groups is 2. The summed E-state index contributed by atoms with van der Waals surface area (Å²) in [5.74, 6) is 0.337. The van der Waals surface area contributed by atoms with Crippen molar-refractivity contribution in [3.05, 3.63) is 53.5 Å². The first-order valence-corrected chi connectivity index (χ1v) is 13.2. The quantitative estimate of drug-likeness (QED) is 0.530. The molecule has 5 heterocycles. The predicted octanol–water partition coefficient (Wildman–Crippen LogP) is 3.75. The summed E-state index contributed by atoms with van der Waals surface area (Å²) in [6.07, 6.45) is 7.14. The lowest BCUT2D eigenvalue weighted by molar-refractivity contribution is -0.148. The van der Waals surface area contributed by atoms with Crippen LogP contribution in [0.5, 0.6) is 11.5 Å². The lowest BCUT2D eigenvalue weighted by Crippen LogP contribution is -2.51. The maximum absolute atomic E-state index is 13.3. The summed E-state index contributed by atoms with van der Waals surface area (Å²) >= 11 is 0. The van der Waals surface area contributed by atoms with Gasteiger partial charge in [0, 0.05) is 68.2 Å². The van der Waals surface area contributed by atoms with Gasteiger partial charge in [0.1, 0.15) is 22.7 Å². The number of aryl methyl sites for hydroxylation is 1. The number of aromatic hydroxyl groups is 1. The number of benzene rings is 1. The maximum Gasteiger partial charge on any atom is 0.235 e. The molecule has 9 heteroatoms. The third-order valence-corrected chi connectivity index (χ3v) is 7.74. The molecule has 0 bridgehead atoms. The number of carbonyl (C=O) groups excluding carboxylic acids is 2. The number of aromatic nitrogens is 2. The van der Waals surface area contributed by atoms with Crippen molar-refractivity contribution in [1.29, 1.82) is 0 Å². The minimum Gasteiger partial charge on any atom is -0.507 e. The minimum atomic E-state index is -0.341. The van der Waals surface area contributed by atoms with E-state index < -0.39 is 0 Å². The molecule has 1 N–H and O–H groups in total. The van der Waals surface area contributed by atoms with Gasteiger partial charge >= 0.3 is 0 Å². The van der Waals surface area contributed by atoms with Crippen molar-refractivity contribution in [3.8, 4) is 11.5 Å². The number of pyridine rings is 1. The molecule has 198 valence electrons. The van der Waals surface area contributed by atoms with Gasteiger partial charge in [0.15, 0.2) is 5.76 Å². The summed E-state index contributed by atoms with van der Waals surface area (Å²) in [6.45, 7) is 6.85. The number of phenolic OH excluding ortho intramolecular Hbond substituents is 1. The Morgan fingerprint density at radius 2 is 1.87 bits per heavy atom. The van der Waals surface area contributed by atoms with Crippen molar-refractivity contribution >= 4 is 34.5 Å². The molecule has 2 saturated heterocycles. The van der Waals surface area contributed by atoms with Crippen LogP contribution >= 0.6 is 0 Å². The number of morpholine rings is 1. The van der Waals surface area contributed by atoms with Crippen molar-refractivity contribution in [2.24, 2.45) is 13.0 Å². The number of piperidine rings is 1. The molecular formula is C29H32N4O5. The summed E-state index contributed by atoms with van der Waals surface area (Å²) in [7, 11) is 1.92. The molecule has 1 amide bonds. The molecule has 2 fully saturated rings. The normalized spacial score (nSPS) is 23.2. The number of phenols is 1. The first-order chi connectivity index (χ1) is 18.3. The molecule has 9 nitrogen and oxygen atoms in total. The number of hydrogen-bond acceptors (Lipinski definition) is 7. The highest BCUT2D eigenvalue weighted by molar-refractivity contribution is 6.17. The van der Waals surface area contributed by atoms with Gasteiger partial charge in [-0.05, 0) is 51.0 Å². The Bertz CT molecular complexity index is 1440. The van der Waals surface area contributed by atoms with Gasteiger partial charge in [-0.1, -0.05) is 6.07 Å². The molecule has 3 aromatic rings. The van der Waals surface area contributed by atoms with Crippen LogP contribution in [0.3, 0.4) is 0 Å². The molecular weight excluding hydrogens is 484 g/mol. The van der Waals surface area contributed by atoms with Crippen LogP contribution < -0.4 is 9.64 Å². The van der Waals surface area contributed by atoms with Gasteiger partial charge in [-0.15, -0.1) is 0 Å². The van der Waals surface area contributed by atoms with Crippen LogP contribution in [0.25, 0.3) is 17.1 Å². The zero-order valence-corrected chi connectivity index (χ0v) is 21.9. The first kappa shape index (κ1) is 24.5. The fraction of sp³-hybridized carbons (Fsp3) is 0.414. The lowest BCUT2D eigenvalue weighted by atomic mass is 9.94. The molecule has 0 radical (unpaired) electrons. The zero-order valence-electron chi connectivity index (χ0n) is 21.9. The number of ketones is 1. The molecule has 3 aliphatic rings. The number of anilines is 1. The number of nitrogens with zero attached hydrogens (tertiary/aromatic N) is 4. The van der Waals surface area contributed by atoms with Crippen molar-refractivity contribution < 1.29 is 24.2 Å². The summed E-state index contributed by atoms with van der Waals surface area (Å²) in [6, 6.07) is 6.81. The second-order valence-electron chi connectivity index (χ2n) is 10.6. The number of rotatable bonds is 3. The van der Waals surface area contributed by atoms with Crippen molar-refractivity contribution in [1.82, 2.24) is 14.5 Å².